The van der Waals surface area contributed by atoms with E-state index >= 15 is 0 Å². The Morgan fingerprint density at radius 2 is 1.81 bits per heavy atom. The molecule has 1 fully saturated rings. The van der Waals surface area contributed by atoms with Crippen LogP contribution in [0.15, 0.2) is 48.5 Å². The van der Waals surface area contributed by atoms with Crippen LogP contribution in [0.4, 0.5) is 5.69 Å². The van der Waals surface area contributed by atoms with Crippen LogP contribution in [0, 0.1) is 6.92 Å². The lowest BCUT2D eigenvalue weighted by atomic mass is 10.1. The first-order valence-electron chi connectivity index (χ1n) is 8.97. The molecule has 0 spiro atoms. The maximum Gasteiger partial charge on any atom is 0.265 e. The van der Waals surface area contributed by atoms with Crippen molar-refractivity contribution in [2.45, 2.75) is 32.8 Å². The molecule has 0 aliphatic carbocycles. The number of aryl methyl sites for hydroxylation is 1. The molecular formula is C21H24N2O3. The SMILES string of the molecule is Cc1cccc(OC(C)C(=O)Nc2ccccc2C(=O)N2CCCC2)c1. The normalized spacial score (nSPS) is 14.8. The fourth-order valence-corrected chi connectivity index (χ4v) is 3.05. The predicted octanol–water partition coefficient (Wildman–Crippen LogP) is 3.64. The van der Waals surface area contributed by atoms with E-state index in [1.165, 1.54) is 0 Å². The number of likely N-dealkylation sites (tertiary alicyclic amines) is 1. The van der Waals surface area contributed by atoms with Crippen LogP contribution in [0.3, 0.4) is 0 Å². The average Bonchev–Trinajstić information content (AvgIpc) is 3.16. The second-order valence-electron chi connectivity index (χ2n) is 6.61. The zero-order valence-electron chi connectivity index (χ0n) is 15.2. The van der Waals surface area contributed by atoms with Crippen LogP contribution in [-0.2, 0) is 4.79 Å². The summed E-state index contributed by atoms with van der Waals surface area (Å²) in [5.74, 6) is 0.327. The van der Waals surface area contributed by atoms with Gasteiger partial charge in [-0.25, -0.2) is 0 Å². The van der Waals surface area contributed by atoms with Crippen molar-refractivity contribution < 1.29 is 14.3 Å². The number of carbonyl (C=O) groups excluding carboxylic acids is 2. The summed E-state index contributed by atoms with van der Waals surface area (Å²) in [6, 6.07) is 14.7. The van der Waals surface area contributed by atoms with Crippen molar-refractivity contribution in [2.75, 3.05) is 18.4 Å². The number of rotatable bonds is 5. The third-order valence-corrected chi connectivity index (χ3v) is 4.48. The maximum absolute atomic E-state index is 12.7. The van der Waals surface area contributed by atoms with Crippen molar-refractivity contribution in [1.82, 2.24) is 4.90 Å². The van der Waals surface area contributed by atoms with E-state index in [0.717, 1.165) is 31.5 Å². The molecule has 2 amide bonds. The highest BCUT2D eigenvalue weighted by atomic mass is 16.5. The third kappa shape index (κ3) is 4.23. The monoisotopic (exact) mass is 352 g/mol. The Kier molecular flexibility index (Phi) is 5.56. The van der Waals surface area contributed by atoms with Crippen molar-refractivity contribution in [1.29, 1.82) is 0 Å². The second kappa shape index (κ2) is 8.04. The number of hydrogen-bond donors (Lipinski definition) is 1. The van der Waals surface area contributed by atoms with E-state index in [1.54, 1.807) is 19.1 Å². The van der Waals surface area contributed by atoms with E-state index in [2.05, 4.69) is 5.32 Å². The fourth-order valence-electron chi connectivity index (χ4n) is 3.05. The molecule has 1 aliphatic rings. The second-order valence-corrected chi connectivity index (χ2v) is 6.61. The summed E-state index contributed by atoms with van der Waals surface area (Å²) in [5, 5.41) is 2.84. The van der Waals surface area contributed by atoms with E-state index in [4.69, 9.17) is 4.74 Å². The lowest BCUT2D eigenvalue weighted by Crippen LogP contribution is -2.32. The molecular weight excluding hydrogens is 328 g/mol. The molecule has 26 heavy (non-hydrogen) atoms. The Morgan fingerprint density at radius 1 is 1.08 bits per heavy atom. The fraction of sp³-hybridized carbons (Fsp3) is 0.333. The van der Waals surface area contributed by atoms with E-state index < -0.39 is 6.10 Å². The zero-order valence-corrected chi connectivity index (χ0v) is 15.2. The van der Waals surface area contributed by atoms with Crippen molar-refractivity contribution in [3.8, 4) is 5.75 Å². The molecule has 1 heterocycles. The van der Waals surface area contributed by atoms with Crippen LogP contribution >= 0.6 is 0 Å². The first-order valence-corrected chi connectivity index (χ1v) is 8.97. The van der Waals surface area contributed by atoms with Gasteiger partial charge in [-0.05, 0) is 56.5 Å². The van der Waals surface area contributed by atoms with Crippen LogP contribution in [0.5, 0.6) is 5.75 Å². The Hall–Kier alpha value is -2.82. The lowest BCUT2D eigenvalue weighted by Gasteiger charge is -2.19. The van der Waals surface area contributed by atoms with Crippen molar-refractivity contribution >= 4 is 17.5 Å². The van der Waals surface area contributed by atoms with Crippen LogP contribution in [0.25, 0.3) is 0 Å². The summed E-state index contributed by atoms with van der Waals surface area (Å²) in [7, 11) is 0. The minimum Gasteiger partial charge on any atom is -0.481 e. The Morgan fingerprint density at radius 3 is 2.54 bits per heavy atom. The summed E-state index contributed by atoms with van der Waals surface area (Å²) in [6.45, 7) is 5.21. The molecule has 1 atom stereocenters. The number of para-hydroxylation sites is 1. The number of nitrogens with one attached hydrogen (secondary N) is 1. The maximum atomic E-state index is 12.7. The molecule has 3 rings (SSSR count). The molecule has 1 N–H and O–H groups in total. The Bertz CT molecular complexity index is 797. The third-order valence-electron chi connectivity index (χ3n) is 4.48. The van der Waals surface area contributed by atoms with E-state index in [1.807, 2.05) is 48.2 Å². The molecule has 1 unspecified atom stereocenters. The van der Waals surface area contributed by atoms with Crippen LogP contribution in [0.2, 0.25) is 0 Å². The van der Waals surface area contributed by atoms with Gasteiger partial charge in [-0.2, -0.15) is 0 Å². The molecule has 2 aromatic rings. The number of amides is 2. The molecule has 0 aromatic heterocycles. The lowest BCUT2D eigenvalue weighted by molar-refractivity contribution is -0.122. The Labute approximate surface area is 154 Å². The average molecular weight is 352 g/mol. The molecule has 2 aromatic carbocycles. The predicted molar refractivity (Wildman–Crippen MR) is 101 cm³/mol. The van der Waals surface area contributed by atoms with Crippen molar-refractivity contribution in [3.63, 3.8) is 0 Å². The number of carbonyl (C=O) groups is 2. The van der Waals surface area contributed by atoms with Gasteiger partial charge in [0.1, 0.15) is 5.75 Å². The van der Waals surface area contributed by atoms with Gasteiger partial charge in [-0.15, -0.1) is 0 Å². The quantitative estimate of drug-likeness (QED) is 0.894. The molecule has 0 bridgehead atoms. The van der Waals surface area contributed by atoms with Gasteiger partial charge < -0.3 is 15.0 Å². The highest BCUT2D eigenvalue weighted by molar-refractivity contribution is 6.04. The van der Waals surface area contributed by atoms with Crippen LogP contribution < -0.4 is 10.1 Å². The van der Waals surface area contributed by atoms with Gasteiger partial charge in [0.25, 0.3) is 11.8 Å². The van der Waals surface area contributed by atoms with Crippen LogP contribution in [0.1, 0.15) is 35.7 Å². The van der Waals surface area contributed by atoms with Crippen LogP contribution in [-0.4, -0.2) is 35.9 Å². The summed E-state index contributed by atoms with van der Waals surface area (Å²) in [5.41, 5.74) is 2.11. The van der Waals surface area contributed by atoms with Gasteiger partial charge in [0.05, 0.1) is 11.3 Å². The number of benzene rings is 2. The largest absolute Gasteiger partial charge is 0.481 e. The van der Waals surface area contributed by atoms with Gasteiger partial charge in [0, 0.05) is 13.1 Å². The number of hydrogen-bond acceptors (Lipinski definition) is 3. The van der Waals surface area contributed by atoms with Gasteiger partial charge in [0.2, 0.25) is 0 Å². The highest BCUT2D eigenvalue weighted by Crippen LogP contribution is 2.21. The van der Waals surface area contributed by atoms with Crippen molar-refractivity contribution in [3.05, 3.63) is 59.7 Å². The van der Waals surface area contributed by atoms with E-state index in [9.17, 15) is 9.59 Å². The smallest absolute Gasteiger partial charge is 0.265 e. The summed E-state index contributed by atoms with van der Waals surface area (Å²) >= 11 is 0. The minimum absolute atomic E-state index is 0.0364. The summed E-state index contributed by atoms with van der Waals surface area (Å²) in [4.78, 5) is 27.1. The van der Waals surface area contributed by atoms with Gasteiger partial charge in [-0.3, -0.25) is 9.59 Å². The zero-order chi connectivity index (χ0) is 18.5. The number of nitrogens with zero attached hydrogens (tertiary/aromatic N) is 1. The Balaban J connectivity index is 1.70. The molecule has 0 radical (unpaired) electrons. The molecule has 5 heteroatoms. The molecule has 1 aliphatic heterocycles. The summed E-state index contributed by atoms with van der Waals surface area (Å²) < 4.78 is 5.72. The van der Waals surface area contributed by atoms with Gasteiger partial charge in [0.15, 0.2) is 6.10 Å². The summed E-state index contributed by atoms with van der Waals surface area (Å²) in [6.07, 6.45) is 1.38. The van der Waals surface area contributed by atoms with E-state index in [-0.39, 0.29) is 11.8 Å². The molecule has 1 saturated heterocycles. The minimum atomic E-state index is -0.674. The first kappa shape index (κ1) is 18.0. The number of anilines is 1. The van der Waals surface area contributed by atoms with Gasteiger partial charge in [-0.1, -0.05) is 24.3 Å². The molecule has 136 valence electrons. The van der Waals surface area contributed by atoms with Gasteiger partial charge >= 0.3 is 0 Å². The molecule has 5 nitrogen and oxygen atoms in total. The topological polar surface area (TPSA) is 58.6 Å². The van der Waals surface area contributed by atoms with E-state index in [0.29, 0.717) is 17.0 Å². The highest BCUT2D eigenvalue weighted by Gasteiger charge is 2.23. The molecule has 0 saturated carbocycles. The standard InChI is InChI=1S/C21H24N2O3/c1-15-8-7-9-17(14-15)26-16(2)20(24)22-19-11-4-3-10-18(19)21(25)23-12-5-6-13-23/h3-4,7-11,14,16H,5-6,12-13H2,1-2H3,(H,22,24). The first-order chi connectivity index (χ1) is 12.5. The van der Waals surface area contributed by atoms with Crippen molar-refractivity contribution in [2.24, 2.45) is 0 Å². The number of ether oxygens (including phenoxy) is 1.